The Bertz CT molecular complexity index is 378. The molecule has 1 saturated carbocycles. The van der Waals surface area contributed by atoms with E-state index in [9.17, 15) is 8.42 Å². The van der Waals surface area contributed by atoms with E-state index in [-0.39, 0.29) is 5.75 Å². The molecule has 0 amide bonds. The van der Waals surface area contributed by atoms with Crippen molar-refractivity contribution in [2.45, 2.75) is 19.8 Å². The molecule has 17 heavy (non-hydrogen) atoms. The maximum atomic E-state index is 11.4. The first-order valence-electron chi connectivity index (χ1n) is 6.47. The summed E-state index contributed by atoms with van der Waals surface area (Å²) >= 11 is 0. The number of allylic oxidation sites excluding steroid dienone is 2. The molecular weight excluding hydrogens is 236 g/mol. The average molecular weight is 258 g/mol. The molecule has 5 heteroatoms. The van der Waals surface area contributed by atoms with Crippen LogP contribution < -0.4 is 10.0 Å². The SMILES string of the molecule is CCNS(=O)(=O)CCNCC1CC2C=CC1C2. The maximum absolute atomic E-state index is 11.4. The molecule has 4 nitrogen and oxygen atoms in total. The second-order valence-corrected chi connectivity index (χ2v) is 6.99. The topological polar surface area (TPSA) is 58.2 Å². The molecule has 1 fully saturated rings. The number of hydrogen-bond acceptors (Lipinski definition) is 3. The van der Waals surface area contributed by atoms with Gasteiger partial charge in [-0.3, -0.25) is 0 Å². The molecule has 0 aromatic carbocycles. The van der Waals surface area contributed by atoms with E-state index in [0.29, 0.717) is 19.0 Å². The molecule has 0 saturated heterocycles. The van der Waals surface area contributed by atoms with Gasteiger partial charge in [0.05, 0.1) is 5.75 Å². The Hall–Kier alpha value is -0.390. The molecule has 2 aliphatic rings. The summed E-state index contributed by atoms with van der Waals surface area (Å²) in [5.74, 6) is 2.42. The Morgan fingerprint density at radius 1 is 1.29 bits per heavy atom. The zero-order valence-electron chi connectivity index (χ0n) is 10.4. The summed E-state index contributed by atoms with van der Waals surface area (Å²) in [5.41, 5.74) is 0. The number of hydrogen-bond donors (Lipinski definition) is 2. The van der Waals surface area contributed by atoms with Crippen LogP contribution in [0.1, 0.15) is 19.8 Å². The molecule has 0 aromatic heterocycles. The van der Waals surface area contributed by atoms with Crippen molar-refractivity contribution in [3.8, 4) is 0 Å². The van der Waals surface area contributed by atoms with Crippen molar-refractivity contribution in [2.75, 3.05) is 25.4 Å². The quantitative estimate of drug-likeness (QED) is 0.523. The predicted octanol–water partition coefficient (Wildman–Crippen LogP) is 0.727. The van der Waals surface area contributed by atoms with Crippen molar-refractivity contribution >= 4 is 10.0 Å². The van der Waals surface area contributed by atoms with E-state index in [1.165, 1.54) is 12.8 Å². The Labute approximate surface area is 104 Å². The van der Waals surface area contributed by atoms with Gasteiger partial charge < -0.3 is 5.32 Å². The third-order valence-electron chi connectivity index (χ3n) is 3.73. The van der Waals surface area contributed by atoms with Crippen LogP contribution in [0, 0.1) is 17.8 Å². The van der Waals surface area contributed by atoms with Crippen LogP contribution in [0.25, 0.3) is 0 Å². The van der Waals surface area contributed by atoms with Gasteiger partial charge in [-0.05, 0) is 37.1 Å². The van der Waals surface area contributed by atoms with Crippen molar-refractivity contribution in [3.63, 3.8) is 0 Å². The van der Waals surface area contributed by atoms with E-state index in [1.54, 1.807) is 6.92 Å². The molecule has 98 valence electrons. The van der Waals surface area contributed by atoms with Gasteiger partial charge in [0.25, 0.3) is 0 Å². The van der Waals surface area contributed by atoms with Gasteiger partial charge in [0.15, 0.2) is 0 Å². The Balaban J connectivity index is 1.62. The predicted molar refractivity (Wildman–Crippen MR) is 69.2 cm³/mol. The summed E-state index contributed by atoms with van der Waals surface area (Å²) in [6, 6.07) is 0. The first-order valence-corrected chi connectivity index (χ1v) is 8.12. The van der Waals surface area contributed by atoms with Crippen LogP contribution in [0.5, 0.6) is 0 Å². The van der Waals surface area contributed by atoms with Crippen molar-refractivity contribution in [1.29, 1.82) is 0 Å². The van der Waals surface area contributed by atoms with Gasteiger partial charge in [0.1, 0.15) is 0 Å². The van der Waals surface area contributed by atoms with E-state index in [4.69, 9.17) is 0 Å². The van der Waals surface area contributed by atoms with Crippen LogP contribution in [0.15, 0.2) is 12.2 Å². The van der Waals surface area contributed by atoms with Gasteiger partial charge in [-0.25, -0.2) is 13.1 Å². The lowest BCUT2D eigenvalue weighted by molar-refractivity contribution is 0.419. The van der Waals surface area contributed by atoms with Crippen LogP contribution >= 0.6 is 0 Å². The van der Waals surface area contributed by atoms with Crippen LogP contribution in [0.2, 0.25) is 0 Å². The van der Waals surface area contributed by atoms with Gasteiger partial charge in [0.2, 0.25) is 10.0 Å². The second kappa shape index (κ2) is 5.50. The van der Waals surface area contributed by atoms with E-state index in [1.807, 2.05) is 0 Å². The fourth-order valence-corrected chi connectivity index (χ4v) is 3.91. The van der Waals surface area contributed by atoms with Crippen LogP contribution in [0.4, 0.5) is 0 Å². The van der Waals surface area contributed by atoms with Crippen LogP contribution in [0.3, 0.4) is 0 Å². The van der Waals surface area contributed by atoms with Crippen LogP contribution in [-0.2, 0) is 10.0 Å². The molecule has 0 aromatic rings. The summed E-state index contributed by atoms with van der Waals surface area (Å²) in [5, 5.41) is 3.27. The van der Waals surface area contributed by atoms with Crippen molar-refractivity contribution in [3.05, 3.63) is 12.2 Å². The fourth-order valence-electron chi connectivity index (χ4n) is 2.92. The van der Waals surface area contributed by atoms with E-state index in [2.05, 4.69) is 22.2 Å². The molecule has 2 bridgehead atoms. The highest BCUT2D eigenvalue weighted by Crippen LogP contribution is 2.42. The Kier molecular flexibility index (Phi) is 4.22. The standard InChI is InChI=1S/C12H22N2O2S/c1-2-14-17(15,16)6-5-13-9-12-8-10-3-4-11(12)7-10/h3-4,10-14H,2,5-9H2,1H3. The van der Waals surface area contributed by atoms with E-state index in [0.717, 1.165) is 18.4 Å². The molecule has 3 atom stereocenters. The maximum Gasteiger partial charge on any atom is 0.212 e. The number of nitrogens with one attached hydrogen (secondary N) is 2. The van der Waals surface area contributed by atoms with Crippen molar-refractivity contribution in [2.24, 2.45) is 17.8 Å². The molecule has 2 N–H and O–H groups in total. The lowest BCUT2D eigenvalue weighted by Gasteiger charge is -2.18. The third kappa shape index (κ3) is 3.53. The summed E-state index contributed by atoms with van der Waals surface area (Å²) in [7, 11) is -3.06. The summed E-state index contributed by atoms with van der Waals surface area (Å²) in [4.78, 5) is 0. The molecule has 0 aliphatic heterocycles. The molecule has 0 heterocycles. The van der Waals surface area contributed by atoms with Crippen molar-refractivity contribution < 1.29 is 8.42 Å². The van der Waals surface area contributed by atoms with Gasteiger partial charge in [-0.15, -0.1) is 0 Å². The Morgan fingerprint density at radius 2 is 2.12 bits per heavy atom. The van der Waals surface area contributed by atoms with Crippen LogP contribution in [-0.4, -0.2) is 33.8 Å². The highest BCUT2D eigenvalue weighted by atomic mass is 32.2. The minimum Gasteiger partial charge on any atom is -0.315 e. The smallest absolute Gasteiger partial charge is 0.212 e. The third-order valence-corrected chi connectivity index (χ3v) is 5.20. The summed E-state index contributed by atoms with van der Waals surface area (Å²) in [6.07, 6.45) is 7.24. The van der Waals surface area contributed by atoms with E-state index >= 15 is 0 Å². The van der Waals surface area contributed by atoms with Gasteiger partial charge in [-0.1, -0.05) is 19.1 Å². The molecule has 2 aliphatic carbocycles. The Morgan fingerprint density at radius 3 is 2.71 bits per heavy atom. The van der Waals surface area contributed by atoms with Gasteiger partial charge >= 0.3 is 0 Å². The molecular formula is C12H22N2O2S. The minimum absolute atomic E-state index is 0.178. The summed E-state index contributed by atoms with van der Waals surface area (Å²) in [6.45, 7) is 3.77. The first kappa shape index (κ1) is 13.1. The average Bonchev–Trinajstić information content (AvgIpc) is 2.86. The number of fused-ring (bicyclic) bond motifs is 2. The monoisotopic (exact) mass is 258 g/mol. The molecule has 0 spiro atoms. The van der Waals surface area contributed by atoms with Gasteiger partial charge in [-0.2, -0.15) is 0 Å². The first-order chi connectivity index (χ1) is 8.11. The molecule has 2 rings (SSSR count). The second-order valence-electron chi connectivity index (χ2n) is 5.06. The number of rotatable bonds is 7. The zero-order valence-corrected chi connectivity index (χ0v) is 11.2. The van der Waals surface area contributed by atoms with Crippen molar-refractivity contribution in [1.82, 2.24) is 10.0 Å². The van der Waals surface area contributed by atoms with Gasteiger partial charge in [0, 0.05) is 13.1 Å². The fraction of sp³-hybridized carbons (Fsp3) is 0.833. The minimum atomic E-state index is -3.06. The zero-order chi connectivity index (χ0) is 12.3. The highest BCUT2D eigenvalue weighted by molar-refractivity contribution is 7.89. The molecule has 3 unspecified atom stereocenters. The van der Waals surface area contributed by atoms with E-state index < -0.39 is 10.0 Å². The normalized spacial score (nSPS) is 31.2. The largest absolute Gasteiger partial charge is 0.315 e. The molecule has 0 radical (unpaired) electrons. The lowest BCUT2D eigenvalue weighted by Crippen LogP contribution is -2.34. The number of sulfonamides is 1. The summed E-state index contributed by atoms with van der Waals surface area (Å²) < 4.78 is 25.3. The lowest BCUT2D eigenvalue weighted by atomic mass is 9.94. The highest BCUT2D eigenvalue weighted by Gasteiger charge is 2.34.